The zero-order valence-corrected chi connectivity index (χ0v) is 35.9. The Bertz CT molecular complexity index is 2350. The second-order valence-corrected chi connectivity index (χ2v) is 17.2. The van der Waals surface area contributed by atoms with Crippen LogP contribution in [0.4, 0.5) is 4.79 Å². The summed E-state index contributed by atoms with van der Waals surface area (Å²) in [5, 5.41) is 7.87. The number of carbonyl (C=O) groups excluding carboxylic acids is 4. The molecule has 2 aliphatic heterocycles. The number of aromatic amines is 2. The lowest BCUT2D eigenvalue weighted by atomic mass is 9.98. The highest BCUT2D eigenvalue weighted by Crippen LogP contribution is 2.41. The lowest BCUT2D eigenvalue weighted by Gasteiger charge is -2.33. The van der Waals surface area contributed by atoms with E-state index in [9.17, 15) is 19.2 Å². The van der Waals surface area contributed by atoms with Crippen molar-refractivity contribution in [2.45, 2.75) is 104 Å². The van der Waals surface area contributed by atoms with Gasteiger partial charge in [-0.2, -0.15) is 0 Å². The average molecular weight is 815 g/mol. The maximum absolute atomic E-state index is 13.9. The molecule has 2 aliphatic rings. The molecule has 5 aromatic rings. The van der Waals surface area contributed by atoms with Crippen LogP contribution in [0.5, 0.6) is 0 Å². The molecule has 0 spiro atoms. The molecule has 4 heterocycles. The average Bonchev–Trinajstić information content (AvgIpc) is 4.07. The maximum Gasteiger partial charge on any atom is 0.407 e. The number of carbonyl (C=O) groups is 4. The highest BCUT2D eigenvalue weighted by atomic mass is 16.5. The van der Waals surface area contributed by atoms with Gasteiger partial charge in [0.15, 0.2) is 0 Å². The molecule has 13 nitrogen and oxygen atoms in total. The number of hydrogen-bond acceptors (Lipinski definition) is 7. The molecule has 2 saturated heterocycles. The van der Waals surface area contributed by atoms with Crippen molar-refractivity contribution in [3.8, 4) is 33.6 Å². The van der Waals surface area contributed by atoms with Gasteiger partial charge in [0.05, 0.1) is 43.0 Å². The van der Waals surface area contributed by atoms with E-state index in [1.54, 1.807) is 6.92 Å². The van der Waals surface area contributed by atoms with E-state index in [1.165, 1.54) is 7.11 Å². The minimum atomic E-state index is -0.712. The van der Waals surface area contributed by atoms with E-state index < -0.39 is 18.2 Å². The number of H-pyrrole nitrogens is 2. The molecule has 4 amide bonds. The Morgan fingerprint density at radius 3 is 1.98 bits per heavy atom. The summed E-state index contributed by atoms with van der Waals surface area (Å²) in [4.78, 5) is 72.2. The van der Waals surface area contributed by atoms with Crippen LogP contribution in [0.2, 0.25) is 0 Å². The Kier molecular flexibility index (Phi) is 12.4. The van der Waals surface area contributed by atoms with Crippen molar-refractivity contribution in [2.24, 2.45) is 17.8 Å². The summed E-state index contributed by atoms with van der Waals surface area (Å²) < 4.78 is 4.81. The molecule has 7 rings (SSSR count). The third-order valence-electron chi connectivity index (χ3n) is 12.2. The van der Waals surface area contributed by atoms with Crippen LogP contribution in [0.1, 0.15) is 97.9 Å². The summed E-state index contributed by atoms with van der Waals surface area (Å²) in [5.41, 5.74) is 5.93. The van der Waals surface area contributed by atoms with E-state index >= 15 is 0 Å². The molecule has 0 radical (unpaired) electrons. The van der Waals surface area contributed by atoms with Gasteiger partial charge in [-0.3, -0.25) is 14.4 Å². The molecule has 60 heavy (non-hydrogen) atoms. The number of imidazole rings is 2. The van der Waals surface area contributed by atoms with Crippen molar-refractivity contribution < 1.29 is 23.9 Å². The Hall–Kier alpha value is -5.98. The molecule has 0 aliphatic carbocycles. The summed E-state index contributed by atoms with van der Waals surface area (Å²) in [6, 6.07) is 19.5. The van der Waals surface area contributed by atoms with Crippen LogP contribution >= 0.6 is 0 Å². The van der Waals surface area contributed by atoms with E-state index in [0.29, 0.717) is 13.0 Å². The third kappa shape index (κ3) is 8.53. The van der Waals surface area contributed by atoms with Crippen molar-refractivity contribution in [1.82, 2.24) is 40.4 Å². The van der Waals surface area contributed by atoms with Gasteiger partial charge in [-0.05, 0) is 83.5 Å². The predicted octanol–water partition coefficient (Wildman–Crippen LogP) is 8.18. The first-order valence-corrected chi connectivity index (χ1v) is 21.3. The molecule has 13 heteroatoms. The molecule has 0 saturated carbocycles. The standard InChI is InChI=1S/C47H58N8O5/c1-9-39(56)52-40(26(2)3)45(57)54-20-10-11-38(54)43-48-25-37(50-43)35-19-18-33-22-32(16-17-34(33)23-35)30-12-14-31(15-13-30)36-24-49-44(51-36)42-28(6)21-29(7)55(42)46(58)41(27(4)5)53-47(59)60-8/h12-19,22-29,38,40-42H,9-11,20-21H2,1-8H3,(H,48,50)(H,49,51)(H,52,56)(H,53,59)/t28-,29+,38-,40-,41-,42-/m0/s1. The second-order valence-electron chi connectivity index (χ2n) is 17.2. The van der Waals surface area contributed by atoms with E-state index in [1.807, 2.05) is 56.8 Å². The maximum atomic E-state index is 13.9. The number of amides is 4. The molecular weight excluding hydrogens is 757 g/mol. The SMILES string of the molecule is CCC(=O)N[C@H](C(=O)N1CCC[C@H]1c1ncc(-c2ccc3cc(-c4ccc(-c5cnc([C@@H]6[C@@H](C)C[C@@H](C)N6C(=O)[C@@H](NC(=O)OC)C(C)C)[nH]5)cc4)ccc3c2)[nH]1)C(C)C. The first kappa shape index (κ1) is 42.2. The Labute approximate surface area is 352 Å². The zero-order valence-electron chi connectivity index (χ0n) is 35.9. The zero-order chi connectivity index (χ0) is 42.8. The van der Waals surface area contributed by atoms with Crippen molar-refractivity contribution in [3.63, 3.8) is 0 Å². The minimum Gasteiger partial charge on any atom is -0.453 e. The van der Waals surface area contributed by atoms with Crippen LogP contribution in [0.15, 0.2) is 73.1 Å². The van der Waals surface area contributed by atoms with Gasteiger partial charge in [-0.15, -0.1) is 0 Å². The van der Waals surface area contributed by atoms with E-state index in [2.05, 4.69) is 88.2 Å². The summed E-state index contributed by atoms with van der Waals surface area (Å²) in [7, 11) is 1.30. The van der Waals surface area contributed by atoms with Gasteiger partial charge in [0, 0.05) is 24.6 Å². The van der Waals surface area contributed by atoms with Crippen molar-refractivity contribution in [3.05, 3.63) is 84.7 Å². The topological polar surface area (TPSA) is 165 Å². The van der Waals surface area contributed by atoms with Gasteiger partial charge in [-0.1, -0.05) is 90.1 Å². The molecule has 6 atom stereocenters. The molecule has 0 bridgehead atoms. The van der Waals surface area contributed by atoms with Crippen LogP contribution in [0.3, 0.4) is 0 Å². The molecule has 3 aromatic carbocycles. The summed E-state index contributed by atoms with van der Waals surface area (Å²) in [6.45, 7) is 14.4. The van der Waals surface area contributed by atoms with Gasteiger partial charge in [0.25, 0.3) is 0 Å². The van der Waals surface area contributed by atoms with Gasteiger partial charge >= 0.3 is 6.09 Å². The molecule has 2 aromatic heterocycles. The summed E-state index contributed by atoms with van der Waals surface area (Å²) in [6.07, 6.45) is 5.89. The number of fused-ring (bicyclic) bond motifs is 1. The van der Waals surface area contributed by atoms with Crippen molar-refractivity contribution >= 4 is 34.6 Å². The fourth-order valence-electron chi connectivity index (χ4n) is 8.95. The van der Waals surface area contributed by atoms with Crippen LogP contribution in [-0.2, 0) is 19.1 Å². The smallest absolute Gasteiger partial charge is 0.407 e. The quantitative estimate of drug-likeness (QED) is 0.0986. The molecule has 4 N–H and O–H groups in total. The van der Waals surface area contributed by atoms with Gasteiger partial charge < -0.3 is 35.1 Å². The number of aromatic nitrogens is 4. The van der Waals surface area contributed by atoms with Crippen molar-refractivity contribution in [1.29, 1.82) is 0 Å². The number of rotatable bonds is 12. The van der Waals surface area contributed by atoms with Gasteiger partial charge in [0.1, 0.15) is 23.7 Å². The molecule has 316 valence electrons. The largest absolute Gasteiger partial charge is 0.453 e. The Morgan fingerprint density at radius 1 is 0.767 bits per heavy atom. The number of hydrogen-bond donors (Lipinski definition) is 4. The van der Waals surface area contributed by atoms with E-state index in [-0.39, 0.29) is 53.6 Å². The third-order valence-corrected chi connectivity index (χ3v) is 12.2. The highest BCUT2D eigenvalue weighted by molar-refractivity contribution is 5.91. The first-order chi connectivity index (χ1) is 28.8. The number of nitrogens with zero attached hydrogens (tertiary/aromatic N) is 4. The molecular formula is C47H58N8O5. The van der Waals surface area contributed by atoms with E-state index in [0.717, 1.165) is 75.3 Å². The number of methoxy groups -OCH3 is 1. The van der Waals surface area contributed by atoms with Crippen molar-refractivity contribution in [2.75, 3.05) is 13.7 Å². The summed E-state index contributed by atoms with van der Waals surface area (Å²) in [5.74, 6) is 1.18. The minimum absolute atomic E-state index is 0.0180. The van der Waals surface area contributed by atoms with Crippen LogP contribution in [0, 0.1) is 17.8 Å². The first-order valence-electron chi connectivity index (χ1n) is 21.3. The lowest BCUT2D eigenvalue weighted by molar-refractivity contribution is -0.138. The molecule has 2 fully saturated rings. The highest BCUT2D eigenvalue weighted by Gasteiger charge is 2.45. The lowest BCUT2D eigenvalue weighted by Crippen LogP contribution is -2.52. The second kappa shape index (κ2) is 17.7. The molecule has 0 unspecified atom stereocenters. The van der Waals surface area contributed by atoms with Crippen LogP contribution in [-0.4, -0.2) is 85.3 Å². The number of alkyl carbamates (subject to hydrolysis) is 1. The normalized spacial score (nSPS) is 20.2. The van der Waals surface area contributed by atoms with E-state index in [4.69, 9.17) is 14.7 Å². The summed E-state index contributed by atoms with van der Waals surface area (Å²) >= 11 is 0. The monoisotopic (exact) mass is 814 g/mol. The van der Waals surface area contributed by atoms with Crippen LogP contribution < -0.4 is 10.6 Å². The number of nitrogens with one attached hydrogen (secondary N) is 4. The Morgan fingerprint density at radius 2 is 1.33 bits per heavy atom. The number of ether oxygens (including phenoxy) is 1. The number of likely N-dealkylation sites (tertiary alicyclic amines) is 2. The fourth-order valence-corrected chi connectivity index (χ4v) is 8.95. The van der Waals surface area contributed by atoms with Gasteiger partial charge in [-0.25, -0.2) is 14.8 Å². The van der Waals surface area contributed by atoms with Crippen LogP contribution in [0.25, 0.3) is 44.4 Å². The number of benzene rings is 3. The Balaban J connectivity index is 1.04. The van der Waals surface area contributed by atoms with Gasteiger partial charge in [0.2, 0.25) is 17.7 Å². The predicted molar refractivity (Wildman–Crippen MR) is 232 cm³/mol. The fraction of sp³-hybridized carbons (Fsp3) is 0.447.